The summed E-state index contributed by atoms with van der Waals surface area (Å²) in [5.74, 6) is -0.179. The molecule has 19 heavy (non-hydrogen) atoms. The molecule has 1 aliphatic carbocycles. The van der Waals surface area contributed by atoms with Crippen LogP contribution in [0.25, 0.3) is 0 Å². The summed E-state index contributed by atoms with van der Waals surface area (Å²) in [6, 6.07) is 5.56. The van der Waals surface area contributed by atoms with Crippen LogP contribution in [0.4, 0.5) is 4.39 Å². The molecule has 0 saturated heterocycles. The van der Waals surface area contributed by atoms with E-state index in [1.54, 1.807) is 6.07 Å². The summed E-state index contributed by atoms with van der Waals surface area (Å²) in [7, 11) is 0. The molecule has 0 heterocycles. The van der Waals surface area contributed by atoms with Crippen molar-refractivity contribution in [3.05, 3.63) is 35.1 Å². The number of nitrogens with two attached hydrogens (primary N) is 1. The van der Waals surface area contributed by atoms with Crippen molar-refractivity contribution in [1.29, 1.82) is 0 Å². The Bertz CT molecular complexity index is 398. The van der Waals surface area contributed by atoms with Crippen LogP contribution in [0.2, 0.25) is 0 Å². The molecule has 1 fully saturated rings. The maximum absolute atomic E-state index is 13.4. The minimum atomic E-state index is -0.179. The van der Waals surface area contributed by atoms with E-state index in [0.29, 0.717) is 12.6 Å². The second-order valence-corrected chi connectivity index (χ2v) is 5.64. The third kappa shape index (κ3) is 4.02. The SMILES string of the molecule is Cc1ccc(F)cc1C(CN)NC1CCCCCC1. The van der Waals surface area contributed by atoms with Crippen LogP contribution in [0.15, 0.2) is 18.2 Å². The summed E-state index contributed by atoms with van der Waals surface area (Å²) in [6.07, 6.45) is 7.68. The first kappa shape index (κ1) is 14.5. The zero-order valence-corrected chi connectivity index (χ0v) is 11.8. The monoisotopic (exact) mass is 264 g/mol. The van der Waals surface area contributed by atoms with Gasteiger partial charge >= 0.3 is 0 Å². The predicted octanol–water partition coefficient (Wildman–Crippen LogP) is 3.45. The van der Waals surface area contributed by atoms with Crippen LogP contribution in [0.3, 0.4) is 0 Å². The molecule has 3 N–H and O–H groups in total. The first-order valence-corrected chi connectivity index (χ1v) is 7.43. The first-order chi connectivity index (χ1) is 9.20. The summed E-state index contributed by atoms with van der Waals surface area (Å²) in [5, 5.41) is 3.64. The van der Waals surface area contributed by atoms with Gasteiger partial charge in [0.1, 0.15) is 5.82 Å². The molecule has 0 bridgehead atoms. The molecule has 1 aromatic rings. The van der Waals surface area contributed by atoms with E-state index in [9.17, 15) is 4.39 Å². The Morgan fingerprint density at radius 1 is 1.26 bits per heavy atom. The molecule has 1 unspecified atom stereocenters. The molecule has 106 valence electrons. The molecule has 0 amide bonds. The van der Waals surface area contributed by atoms with Crippen LogP contribution >= 0.6 is 0 Å². The minimum absolute atomic E-state index is 0.0683. The van der Waals surface area contributed by atoms with E-state index < -0.39 is 0 Å². The molecule has 1 saturated carbocycles. The number of hydrogen-bond acceptors (Lipinski definition) is 2. The zero-order chi connectivity index (χ0) is 13.7. The smallest absolute Gasteiger partial charge is 0.123 e. The average Bonchev–Trinajstić information content (AvgIpc) is 2.67. The van der Waals surface area contributed by atoms with E-state index in [-0.39, 0.29) is 11.9 Å². The Morgan fingerprint density at radius 2 is 1.95 bits per heavy atom. The first-order valence-electron chi connectivity index (χ1n) is 7.43. The third-order valence-corrected chi connectivity index (χ3v) is 4.14. The predicted molar refractivity (Wildman–Crippen MR) is 77.6 cm³/mol. The maximum atomic E-state index is 13.4. The Morgan fingerprint density at radius 3 is 2.58 bits per heavy atom. The second-order valence-electron chi connectivity index (χ2n) is 5.64. The molecule has 0 aromatic heterocycles. The van der Waals surface area contributed by atoms with Crippen LogP contribution in [-0.4, -0.2) is 12.6 Å². The molecule has 0 aliphatic heterocycles. The van der Waals surface area contributed by atoms with Crippen LogP contribution in [0.1, 0.15) is 55.7 Å². The van der Waals surface area contributed by atoms with Gasteiger partial charge < -0.3 is 11.1 Å². The largest absolute Gasteiger partial charge is 0.329 e. The normalized spacial score (nSPS) is 19.1. The summed E-state index contributed by atoms with van der Waals surface area (Å²) in [6.45, 7) is 2.53. The lowest BCUT2D eigenvalue weighted by Gasteiger charge is -2.25. The molecule has 3 heteroatoms. The molecular formula is C16H25FN2. The Kier molecular flexibility index (Phi) is 5.34. The van der Waals surface area contributed by atoms with Crippen molar-refractivity contribution in [1.82, 2.24) is 5.32 Å². The van der Waals surface area contributed by atoms with Crippen LogP contribution < -0.4 is 11.1 Å². The number of aryl methyl sites for hydroxylation is 1. The molecule has 1 atom stereocenters. The highest BCUT2D eigenvalue weighted by Gasteiger charge is 2.19. The Balaban J connectivity index is 2.08. The molecule has 0 radical (unpaired) electrons. The number of hydrogen-bond donors (Lipinski definition) is 2. The van der Waals surface area contributed by atoms with Gasteiger partial charge in [0, 0.05) is 18.6 Å². The fourth-order valence-electron chi connectivity index (χ4n) is 3.00. The Labute approximate surface area is 115 Å². The molecular weight excluding hydrogens is 239 g/mol. The quantitative estimate of drug-likeness (QED) is 0.817. The van der Waals surface area contributed by atoms with E-state index >= 15 is 0 Å². The summed E-state index contributed by atoms with van der Waals surface area (Å²) < 4.78 is 13.4. The van der Waals surface area contributed by atoms with E-state index in [4.69, 9.17) is 5.73 Å². The fourth-order valence-corrected chi connectivity index (χ4v) is 3.00. The van der Waals surface area contributed by atoms with Gasteiger partial charge in [0.25, 0.3) is 0 Å². The lowest BCUT2D eigenvalue weighted by Crippen LogP contribution is -2.36. The number of benzene rings is 1. The average molecular weight is 264 g/mol. The number of rotatable bonds is 4. The third-order valence-electron chi connectivity index (χ3n) is 4.14. The topological polar surface area (TPSA) is 38.0 Å². The highest BCUT2D eigenvalue weighted by atomic mass is 19.1. The standard InChI is InChI=1S/C16H25FN2/c1-12-8-9-13(17)10-15(12)16(11-18)19-14-6-4-2-3-5-7-14/h8-10,14,16,19H,2-7,11,18H2,1H3. The lowest BCUT2D eigenvalue weighted by molar-refractivity contribution is 0.400. The van der Waals surface area contributed by atoms with Crippen molar-refractivity contribution in [2.75, 3.05) is 6.54 Å². The van der Waals surface area contributed by atoms with Gasteiger partial charge in [-0.15, -0.1) is 0 Å². The molecule has 1 aliphatic rings. The minimum Gasteiger partial charge on any atom is -0.329 e. The van der Waals surface area contributed by atoms with Gasteiger partial charge in [0.05, 0.1) is 0 Å². The second kappa shape index (κ2) is 7.01. The van der Waals surface area contributed by atoms with E-state index in [1.165, 1.54) is 44.6 Å². The Hall–Kier alpha value is -0.930. The van der Waals surface area contributed by atoms with Gasteiger partial charge in [-0.1, -0.05) is 31.7 Å². The number of halogens is 1. The van der Waals surface area contributed by atoms with Crippen molar-refractivity contribution >= 4 is 0 Å². The molecule has 2 nitrogen and oxygen atoms in total. The van der Waals surface area contributed by atoms with Gasteiger partial charge in [-0.05, 0) is 43.0 Å². The van der Waals surface area contributed by atoms with Crippen molar-refractivity contribution in [2.45, 2.75) is 57.5 Å². The van der Waals surface area contributed by atoms with Crippen molar-refractivity contribution < 1.29 is 4.39 Å². The fraction of sp³-hybridized carbons (Fsp3) is 0.625. The molecule has 2 rings (SSSR count). The molecule has 1 aromatic carbocycles. The van der Waals surface area contributed by atoms with Gasteiger partial charge in [0.2, 0.25) is 0 Å². The van der Waals surface area contributed by atoms with E-state index in [1.807, 2.05) is 13.0 Å². The highest BCUT2D eigenvalue weighted by molar-refractivity contribution is 5.30. The summed E-state index contributed by atoms with van der Waals surface area (Å²) >= 11 is 0. The van der Waals surface area contributed by atoms with E-state index in [0.717, 1.165) is 11.1 Å². The van der Waals surface area contributed by atoms with Gasteiger partial charge in [-0.3, -0.25) is 0 Å². The van der Waals surface area contributed by atoms with Crippen LogP contribution in [-0.2, 0) is 0 Å². The van der Waals surface area contributed by atoms with Crippen molar-refractivity contribution in [2.24, 2.45) is 5.73 Å². The summed E-state index contributed by atoms with van der Waals surface area (Å²) in [4.78, 5) is 0. The lowest BCUT2D eigenvalue weighted by atomic mass is 9.99. The van der Waals surface area contributed by atoms with Gasteiger partial charge in [-0.2, -0.15) is 0 Å². The van der Waals surface area contributed by atoms with Crippen molar-refractivity contribution in [3.8, 4) is 0 Å². The van der Waals surface area contributed by atoms with Gasteiger partial charge in [0.15, 0.2) is 0 Å². The van der Waals surface area contributed by atoms with Gasteiger partial charge in [-0.25, -0.2) is 4.39 Å². The maximum Gasteiger partial charge on any atom is 0.123 e. The molecule has 0 spiro atoms. The zero-order valence-electron chi connectivity index (χ0n) is 11.8. The van der Waals surface area contributed by atoms with E-state index in [2.05, 4.69) is 5.32 Å². The summed E-state index contributed by atoms with van der Waals surface area (Å²) in [5.41, 5.74) is 8.01. The highest BCUT2D eigenvalue weighted by Crippen LogP contribution is 2.23. The number of nitrogens with one attached hydrogen (secondary N) is 1. The van der Waals surface area contributed by atoms with Crippen LogP contribution in [0, 0.1) is 12.7 Å². The van der Waals surface area contributed by atoms with Crippen molar-refractivity contribution in [3.63, 3.8) is 0 Å². The van der Waals surface area contributed by atoms with Crippen LogP contribution in [0.5, 0.6) is 0 Å².